The zero-order chi connectivity index (χ0) is 24.2. The van der Waals surface area contributed by atoms with E-state index in [2.05, 4.69) is 15.0 Å². The van der Waals surface area contributed by atoms with Gasteiger partial charge in [0.1, 0.15) is 12.0 Å². The van der Waals surface area contributed by atoms with Crippen molar-refractivity contribution in [3.05, 3.63) is 95.7 Å². The van der Waals surface area contributed by atoms with Gasteiger partial charge in [-0.2, -0.15) is 4.39 Å². The summed E-state index contributed by atoms with van der Waals surface area (Å²) in [4.78, 5) is 12.5. The van der Waals surface area contributed by atoms with Crippen LogP contribution < -0.4 is 10.5 Å². The molecule has 9 heteroatoms. The maximum Gasteiger partial charge on any atom is 0.220 e. The Morgan fingerprint density at radius 3 is 2.51 bits per heavy atom. The third-order valence-corrected chi connectivity index (χ3v) is 6.05. The molecule has 2 aliphatic heterocycles. The van der Waals surface area contributed by atoms with Gasteiger partial charge in [0.2, 0.25) is 5.95 Å². The minimum atomic E-state index is -1.27. The Morgan fingerprint density at radius 2 is 1.71 bits per heavy atom. The second-order valence-electron chi connectivity index (χ2n) is 8.24. The highest BCUT2D eigenvalue weighted by Crippen LogP contribution is 2.50. The van der Waals surface area contributed by atoms with Gasteiger partial charge in [-0.05, 0) is 54.1 Å². The summed E-state index contributed by atoms with van der Waals surface area (Å²) in [5.74, 6) is -1.69. The van der Waals surface area contributed by atoms with Crippen molar-refractivity contribution >= 4 is 6.21 Å². The molecule has 1 unspecified atom stereocenters. The lowest BCUT2D eigenvalue weighted by atomic mass is 9.82. The molecule has 2 aromatic carbocycles. The largest absolute Gasteiger partial charge is 0.455 e. The van der Waals surface area contributed by atoms with Gasteiger partial charge in [-0.3, -0.25) is 9.98 Å². The summed E-state index contributed by atoms with van der Waals surface area (Å²) in [5, 5.41) is 0. The zero-order valence-corrected chi connectivity index (χ0v) is 18.1. The summed E-state index contributed by atoms with van der Waals surface area (Å²) in [6.45, 7) is 0.255. The predicted octanol–water partition coefficient (Wildman–Crippen LogP) is 4.96. The number of benzene rings is 2. The van der Waals surface area contributed by atoms with Crippen LogP contribution in [0.3, 0.4) is 0 Å². The van der Waals surface area contributed by atoms with E-state index < -0.39 is 29.4 Å². The van der Waals surface area contributed by atoms with Crippen LogP contribution in [-0.2, 0) is 10.3 Å². The zero-order valence-electron chi connectivity index (χ0n) is 18.1. The minimum absolute atomic E-state index is 0.255. The fraction of sp³-hybridized carbons (Fsp3) is 0.115. The topological polar surface area (TPSA) is 82.6 Å². The summed E-state index contributed by atoms with van der Waals surface area (Å²) >= 11 is 0. The molecule has 35 heavy (non-hydrogen) atoms. The lowest BCUT2D eigenvalue weighted by Crippen LogP contribution is -2.46. The average Bonchev–Trinajstić information content (AvgIpc) is 2.86. The maximum atomic E-state index is 14.5. The molecular formula is C26H17F3N4O2. The molecule has 2 N–H and O–H groups in total. The molecule has 0 fully saturated rings. The van der Waals surface area contributed by atoms with Crippen LogP contribution in [0.5, 0.6) is 11.5 Å². The van der Waals surface area contributed by atoms with Crippen molar-refractivity contribution in [2.24, 2.45) is 10.7 Å². The van der Waals surface area contributed by atoms with Gasteiger partial charge in [0.25, 0.3) is 0 Å². The minimum Gasteiger partial charge on any atom is -0.455 e. The molecule has 174 valence electrons. The number of halogens is 3. The maximum absolute atomic E-state index is 14.5. The van der Waals surface area contributed by atoms with Gasteiger partial charge in [-0.15, -0.1) is 0 Å². The summed E-state index contributed by atoms with van der Waals surface area (Å²) in [5.41, 5.74) is 7.60. The third kappa shape index (κ3) is 3.48. The number of nitrogens with zero attached hydrogens (tertiary/aromatic N) is 3. The van der Waals surface area contributed by atoms with Crippen LogP contribution in [0.15, 0.2) is 72.0 Å². The van der Waals surface area contributed by atoms with E-state index in [0.29, 0.717) is 45.0 Å². The van der Waals surface area contributed by atoms with Crippen LogP contribution in [0.4, 0.5) is 13.2 Å². The average molecular weight is 474 g/mol. The van der Waals surface area contributed by atoms with Crippen LogP contribution in [0.2, 0.25) is 0 Å². The van der Waals surface area contributed by atoms with E-state index in [1.165, 1.54) is 18.5 Å². The van der Waals surface area contributed by atoms with E-state index in [-0.39, 0.29) is 6.54 Å². The molecule has 0 saturated heterocycles. The highest BCUT2D eigenvalue weighted by molar-refractivity contribution is 5.84. The van der Waals surface area contributed by atoms with Gasteiger partial charge in [0.15, 0.2) is 23.0 Å². The molecule has 0 saturated carbocycles. The van der Waals surface area contributed by atoms with Gasteiger partial charge < -0.3 is 15.2 Å². The second-order valence-corrected chi connectivity index (χ2v) is 8.24. The van der Waals surface area contributed by atoms with Crippen LogP contribution in [0, 0.1) is 17.6 Å². The van der Waals surface area contributed by atoms with Crippen molar-refractivity contribution in [1.82, 2.24) is 9.97 Å². The number of ether oxygens (including phenoxy) is 2. The molecule has 0 radical (unpaired) electrons. The highest BCUT2D eigenvalue weighted by Gasteiger charge is 2.46. The van der Waals surface area contributed by atoms with Crippen molar-refractivity contribution in [2.75, 3.05) is 6.54 Å². The molecule has 2 atom stereocenters. The van der Waals surface area contributed by atoms with E-state index in [0.717, 1.165) is 12.1 Å². The normalized spacial score (nSPS) is 20.3. The van der Waals surface area contributed by atoms with Crippen LogP contribution in [0.25, 0.3) is 22.4 Å². The fourth-order valence-corrected chi connectivity index (χ4v) is 4.43. The van der Waals surface area contributed by atoms with E-state index in [1.807, 2.05) is 0 Å². The number of fused-ring (bicyclic) bond motifs is 4. The van der Waals surface area contributed by atoms with Crippen molar-refractivity contribution in [3.8, 4) is 33.9 Å². The van der Waals surface area contributed by atoms with E-state index in [9.17, 15) is 13.2 Å². The summed E-state index contributed by atoms with van der Waals surface area (Å²) in [6, 6.07) is 13.7. The quantitative estimate of drug-likeness (QED) is 0.415. The Labute approximate surface area is 197 Å². The first-order valence-electron chi connectivity index (χ1n) is 10.8. The number of rotatable bonds is 2. The first-order valence-corrected chi connectivity index (χ1v) is 10.8. The molecule has 0 aliphatic carbocycles. The van der Waals surface area contributed by atoms with Crippen LogP contribution in [-0.4, -0.2) is 29.0 Å². The van der Waals surface area contributed by atoms with Crippen LogP contribution in [0.1, 0.15) is 11.1 Å². The first-order chi connectivity index (χ1) is 16.9. The van der Waals surface area contributed by atoms with Crippen molar-refractivity contribution in [1.29, 1.82) is 0 Å². The molecule has 0 bridgehead atoms. The van der Waals surface area contributed by atoms with E-state index >= 15 is 0 Å². The molecule has 6 nitrogen and oxygen atoms in total. The highest BCUT2D eigenvalue weighted by atomic mass is 19.2. The number of nitrogens with two attached hydrogens (primary N) is 1. The first kappa shape index (κ1) is 21.5. The summed E-state index contributed by atoms with van der Waals surface area (Å²) < 4.78 is 54.3. The van der Waals surface area contributed by atoms with Crippen molar-refractivity contribution in [2.45, 2.75) is 11.8 Å². The lowest BCUT2D eigenvalue weighted by Gasteiger charge is -2.40. The van der Waals surface area contributed by atoms with Gasteiger partial charge >= 0.3 is 0 Å². The molecule has 4 aromatic rings. The second kappa shape index (κ2) is 8.00. The number of pyridine rings is 2. The van der Waals surface area contributed by atoms with Crippen molar-refractivity contribution in [3.63, 3.8) is 0 Å². The monoisotopic (exact) mass is 474 g/mol. The number of hydrogen-bond acceptors (Lipinski definition) is 6. The smallest absolute Gasteiger partial charge is 0.220 e. The summed E-state index contributed by atoms with van der Waals surface area (Å²) in [7, 11) is 0. The molecule has 4 heterocycles. The van der Waals surface area contributed by atoms with E-state index in [4.69, 9.17) is 15.2 Å². The van der Waals surface area contributed by atoms with Gasteiger partial charge in [-0.25, -0.2) is 13.8 Å². The molecule has 1 spiro atoms. The molecule has 2 aliphatic rings. The fourth-order valence-electron chi connectivity index (χ4n) is 4.43. The van der Waals surface area contributed by atoms with Crippen molar-refractivity contribution < 1.29 is 22.6 Å². The Morgan fingerprint density at radius 1 is 0.886 bits per heavy atom. The SMILES string of the molecule is NC1CN=C[C@]2(O1)c1cc(-c3cccnc3F)ccc1Oc1cnc(-c3ccc(F)c(F)c3)cc12. The summed E-state index contributed by atoms with van der Waals surface area (Å²) in [6.07, 6.45) is 3.77. The Bertz CT molecular complexity index is 1510. The van der Waals surface area contributed by atoms with Crippen LogP contribution >= 0.6 is 0 Å². The Kier molecular flexibility index (Phi) is 4.91. The van der Waals surface area contributed by atoms with Gasteiger partial charge in [0.05, 0.1) is 18.4 Å². The van der Waals surface area contributed by atoms with Gasteiger partial charge in [0, 0.05) is 34.7 Å². The number of aliphatic imine (C=N–C) groups is 1. The number of hydrogen-bond donors (Lipinski definition) is 1. The number of aromatic nitrogens is 2. The van der Waals surface area contributed by atoms with E-state index in [1.54, 1.807) is 42.6 Å². The molecular weight excluding hydrogens is 457 g/mol. The molecule has 6 rings (SSSR count). The lowest BCUT2D eigenvalue weighted by molar-refractivity contribution is -0.0313. The Balaban J connectivity index is 1.56. The predicted molar refractivity (Wildman–Crippen MR) is 122 cm³/mol. The Hall–Kier alpha value is -4.08. The molecule has 0 amide bonds. The standard InChI is InChI=1S/C26H17F3N4O2/c27-19-5-3-15(9-20(19)28)21-10-18-23(11-33-21)34-22-6-4-14(16-2-1-7-32-25(16)29)8-17(22)26(18)13-31-12-24(30)35-26/h1-11,13,24H,12,30H2/t24?,26-/m0/s1. The third-order valence-electron chi connectivity index (χ3n) is 6.05. The molecule has 2 aromatic heterocycles. The van der Waals surface area contributed by atoms with Gasteiger partial charge in [-0.1, -0.05) is 6.07 Å².